The van der Waals surface area contributed by atoms with Gasteiger partial charge in [-0.25, -0.2) is 14.6 Å². The number of carbonyl (C=O) groups excluding carboxylic acids is 5. The Morgan fingerprint density at radius 1 is 0.865 bits per heavy atom. The molecule has 1 saturated heterocycles. The Hall–Kier alpha value is -7.24. The van der Waals surface area contributed by atoms with Gasteiger partial charge in [-0.2, -0.15) is 26.3 Å². The van der Waals surface area contributed by atoms with Crippen molar-refractivity contribution in [3.05, 3.63) is 47.5 Å². The van der Waals surface area contributed by atoms with Crippen LogP contribution < -0.4 is 43.8 Å². The van der Waals surface area contributed by atoms with Crippen molar-refractivity contribution in [2.24, 2.45) is 34.0 Å². The van der Waals surface area contributed by atoms with Crippen LogP contribution in [0.1, 0.15) is 83.0 Å². The van der Waals surface area contributed by atoms with Gasteiger partial charge < -0.3 is 74.1 Å². The van der Waals surface area contributed by atoms with Crippen molar-refractivity contribution in [1.29, 1.82) is 0 Å². The normalized spacial score (nSPS) is 16.4. The number of aliphatic carboxylic acids is 3. The lowest BCUT2D eigenvalue weighted by Crippen LogP contribution is -2.61. The van der Waals surface area contributed by atoms with Gasteiger partial charge in [0.25, 0.3) is 0 Å². The number of aromatic amines is 1. The van der Waals surface area contributed by atoms with Crippen molar-refractivity contribution in [2.45, 2.75) is 134 Å². The Morgan fingerprint density at radius 3 is 1.99 bits per heavy atom. The second kappa shape index (κ2) is 28.9. The average molecular weight is 1070 g/mol. The maximum absolute atomic E-state index is 14.4. The number of amides is 5. The van der Waals surface area contributed by atoms with E-state index in [1.165, 1.54) is 12.5 Å². The predicted molar refractivity (Wildman–Crippen MR) is 249 cm³/mol. The molecular formula is C44H64F6N12O12. The SMILES string of the molecule is CC[C@H](C)[C@H](NC(=O)[C@H](Cc1ccc(O)c(C(F)(F)F)c1)NC(=O)[C@@H](NC(=O)[C@H](CCCN=C(N)N)NC[C@@H](N)CC(=O)O)C(C)C)C(=O)N[C@@H](Cc1cnc[nH]1)C(=O)N1CCC[C@H]1C(=O)O.O=C(O)C(F)(F)F. The number of benzene rings is 1. The first-order valence-electron chi connectivity index (χ1n) is 23.0. The molecule has 0 bridgehead atoms. The van der Waals surface area contributed by atoms with E-state index >= 15 is 0 Å². The van der Waals surface area contributed by atoms with E-state index in [2.05, 4.69) is 41.5 Å². The standard InChI is InChI=1S/C42H63F3N12O10.C2HF3O2/c1-5-22(4)34(38(64)54-29(17-25-19-49-20-52-25)39(65)57-13-7-9-30(57)40(66)67)56-36(62)28(15-23-10-11-31(58)26(14-23)42(43,44)45)53-37(63)33(21(2)3)55-35(61)27(8-6-12-50-41(47)48)51-18-24(46)16-32(59)60;3-2(4,5)1(6)7/h10-11,14,19-22,24,27-30,33-34,51,58H,5-9,12-13,15-18,46H2,1-4H3,(H,49,52)(H,53,63)(H,54,64)(H,55,61)(H,56,62)(H,59,60)(H,66,67)(H4,47,48,50);(H,6,7)/t22-,24-,27-,28-,29-,30-,33-,34-;/m0./s1. The van der Waals surface area contributed by atoms with Gasteiger partial charge in [-0.15, -0.1) is 0 Å². The number of carboxylic acid groups (broad SMARTS) is 3. The number of phenolic OH excluding ortho intramolecular Hbond substituents is 1. The van der Waals surface area contributed by atoms with E-state index in [4.69, 9.17) is 32.2 Å². The molecule has 2 heterocycles. The third-order valence-electron chi connectivity index (χ3n) is 11.5. The highest BCUT2D eigenvalue weighted by molar-refractivity contribution is 5.97. The van der Waals surface area contributed by atoms with Crippen molar-refractivity contribution in [3.8, 4) is 5.75 Å². The van der Waals surface area contributed by atoms with Crippen LogP contribution in [0.25, 0.3) is 0 Å². The molecule has 1 aromatic carbocycles. The van der Waals surface area contributed by atoms with E-state index < -0.39 is 138 Å². The number of alkyl halides is 6. The minimum Gasteiger partial charge on any atom is -0.507 e. The summed E-state index contributed by atoms with van der Waals surface area (Å²) in [6.45, 7) is 6.58. The van der Waals surface area contributed by atoms with Crippen molar-refractivity contribution in [1.82, 2.24) is 41.5 Å². The lowest BCUT2D eigenvalue weighted by molar-refractivity contribution is -0.192. The molecular weight excluding hydrogens is 1000 g/mol. The predicted octanol–water partition coefficient (Wildman–Crippen LogP) is 0.0833. The maximum Gasteiger partial charge on any atom is 0.490 e. The van der Waals surface area contributed by atoms with Crippen LogP contribution in [0.5, 0.6) is 5.75 Å². The Labute approximate surface area is 420 Å². The number of hydrogen-bond donors (Lipinski definition) is 13. The largest absolute Gasteiger partial charge is 0.507 e. The summed E-state index contributed by atoms with van der Waals surface area (Å²) in [6, 6.07) is -6.47. The van der Waals surface area contributed by atoms with Crippen LogP contribution in [-0.4, -0.2) is 157 Å². The van der Waals surface area contributed by atoms with Crippen LogP contribution >= 0.6 is 0 Å². The van der Waals surface area contributed by atoms with Gasteiger partial charge in [0.05, 0.1) is 24.4 Å². The second-order valence-electron chi connectivity index (χ2n) is 17.7. The van der Waals surface area contributed by atoms with Crippen LogP contribution in [0, 0.1) is 11.8 Å². The number of H-pyrrole nitrogens is 1. The number of aromatic nitrogens is 2. The number of imidazole rings is 1. The Morgan fingerprint density at radius 2 is 1.46 bits per heavy atom. The smallest absolute Gasteiger partial charge is 0.490 e. The number of aromatic hydroxyl groups is 1. The molecule has 24 nitrogen and oxygen atoms in total. The first-order valence-corrected chi connectivity index (χ1v) is 23.0. The highest BCUT2D eigenvalue weighted by Crippen LogP contribution is 2.36. The minimum atomic E-state index is -5.08. The molecule has 16 N–H and O–H groups in total. The number of likely N-dealkylation sites (tertiary alicyclic amines) is 1. The maximum atomic E-state index is 14.4. The number of aliphatic imine (C=N–C) groups is 1. The number of phenols is 1. The summed E-state index contributed by atoms with van der Waals surface area (Å²) in [5.41, 5.74) is 15.6. The van der Waals surface area contributed by atoms with E-state index in [0.29, 0.717) is 18.2 Å². The zero-order chi connectivity index (χ0) is 56.2. The number of halogens is 6. The van der Waals surface area contributed by atoms with Crippen molar-refractivity contribution in [3.63, 3.8) is 0 Å². The summed E-state index contributed by atoms with van der Waals surface area (Å²) in [4.78, 5) is 114. The number of carboxylic acids is 3. The van der Waals surface area contributed by atoms with E-state index in [9.17, 15) is 70.1 Å². The number of nitrogens with two attached hydrogens (primary N) is 3. The summed E-state index contributed by atoms with van der Waals surface area (Å²) in [5, 5.41) is 49.4. The highest BCUT2D eigenvalue weighted by atomic mass is 19.4. The summed E-state index contributed by atoms with van der Waals surface area (Å²) in [6.07, 6.45) is -7.28. The zero-order valence-corrected chi connectivity index (χ0v) is 40.8. The first-order chi connectivity index (χ1) is 34.4. The van der Waals surface area contributed by atoms with E-state index in [0.717, 1.165) is 17.0 Å². The van der Waals surface area contributed by atoms with Gasteiger partial charge in [-0.05, 0) is 55.2 Å². The van der Waals surface area contributed by atoms with Crippen LogP contribution in [0.4, 0.5) is 26.3 Å². The molecule has 0 aliphatic carbocycles. The van der Waals surface area contributed by atoms with Crippen molar-refractivity contribution >= 4 is 53.4 Å². The molecule has 0 radical (unpaired) electrons. The molecule has 74 heavy (non-hydrogen) atoms. The topological polar surface area (TPSA) is 400 Å². The molecule has 2 aromatic rings. The second-order valence-corrected chi connectivity index (χ2v) is 17.7. The fourth-order valence-electron chi connectivity index (χ4n) is 7.37. The molecule has 1 aliphatic rings. The molecule has 414 valence electrons. The van der Waals surface area contributed by atoms with E-state index in [1.54, 1.807) is 27.7 Å². The third kappa shape index (κ3) is 20.7. The van der Waals surface area contributed by atoms with Crippen LogP contribution in [0.2, 0.25) is 0 Å². The molecule has 0 saturated carbocycles. The molecule has 1 aliphatic heterocycles. The van der Waals surface area contributed by atoms with Crippen molar-refractivity contribution < 1.29 is 85.1 Å². The minimum absolute atomic E-state index is 0.0911. The van der Waals surface area contributed by atoms with Crippen LogP contribution in [-0.2, 0) is 57.4 Å². The quantitative estimate of drug-likeness (QED) is 0.0257. The van der Waals surface area contributed by atoms with E-state index in [1.807, 2.05) is 0 Å². The van der Waals surface area contributed by atoms with Gasteiger partial charge >= 0.3 is 30.3 Å². The molecule has 30 heteroatoms. The monoisotopic (exact) mass is 1070 g/mol. The Bertz CT molecular complexity index is 2260. The number of carbonyl (C=O) groups is 8. The third-order valence-corrected chi connectivity index (χ3v) is 11.5. The molecule has 5 amide bonds. The summed E-state index contributed by atoms with van der Waals surface area (Å²) in [7, 11) is 0. The Balaban J connectivity index is 0.00000249. The van der Waals surface area contributed by atoms with Crippen LogP contribution in [0.3, 0.4) is 0 Å². The summed E-state index contributed by atoms with van der Waals surface area (Å²) >= 11 is 0. The molecule has 0 spiro atoms. The average Bonchev–Trinajstić information content (AvgIpc) is 4.01. The number of hydrogen-bond acceptors (Lipinski definition) is 13. The molecule has 3 rings (SSSR count). The molecule has 0 unspecified atom stereocenters. The van der Waals surface area contributed by atoms with Crippen molar-refractivity contribution in [2.75, 3.05) is 19.6 Å². The highest BCUT2D eigenvalue weighted by Gasteiger charge is 2.41. The van der Waals surface area contributed by atoms with Gasteiger partial charge in [0.1, 0.15) is 36.0 Å². The summed E-state index contributed by atoms with van der Waals surface area (Å²) in [5.74, 6) is -12.1. The van der Waals surface area contributed by atoms with Gasteiger partial charge in [0.15, 0.2) is 5.96 Å². The number of guanidine groups is 1. The number of nitrogens with zero attached hydrogens (tertiary/aromatic N) is 3. The first kappa shape index (κ1) is 62.9. The fourth-order valence-corrected chi connectivity index (χ4v) is 7.37. The molecule has 1 aromatic heterocycles. The summed E-state index contributed by atoms with van der Waals surface area (Å²) < 4.78 is 73.5. The number of nitrogens with one attached hydrogen (secondary N) is 6. The van der Waals surface area contributed by atoms with Gasteiger partial charge in [-0.3, -0.25) is 33.8 Å². The number of rotatable bonds is 26. The zero-order valence-electron chi connectivity index (χ0n) is 40.8. The Kier molecular flexibility index (Phi) is 24.5. The molecule has 8 atom stereocenters. The van der Waals surface area contributed by atoms with E-state index in [-0.39, 0.29) is 63.3 Å². The van der Waals surface area contributed by atoms with Gasteiger partial charge in [0.2, 0.25) is 29.5 Å². The molecule has 1 fully saturated rings. The lowest BCUT2D eigenvalue weighted by atomic mass is 9.95. The van der Waals surface area contributed by atoms with Gasteiger partial charge in [-0.1, -0.05) is 40.2 Å². The lowest BCUT2D eigenvalue weighted by Gasteiger charge is -2.31. The van der Waals surface area contributed by atoms with Crippen LogP contribution in [0.15, 0.2) is 35.7 Å². The van der Waals surface area contributed by atoms with Gasteiger partial charge in [0, 0.05) is 50.4 Å². The fraction of sp³-hybridized carbons (Fsp3) is 0.591.